The van der Waals surface area contributed by atoms with Crippen LogP contribution in [0.5, 0.6) is 0 Å². The van der Waals surface area contributed by atoms with Crippen LogP contribution in [0.1, 0.15) is 25.4 Å². The van der Waals surface area contributed by atoms with E-state index < -0.39 is 53.0 Å². The molecule has 1 saturated carbocycles. The molecule has 0 unspecified atom stereocenters. The summed E-state index contributed by atoms with van der Waals surface area (Å²) in [6.07, 6.45) is -8.62. The van der Waals surface area contributed by atoms with Gasteiger partial charge < -0.3 is 9.15 Å². The van der Waals surface area contributed by atoms with E-state index in [9.17, 15) is 31.1 Å². The highest BCUT2D eigenvalue weighted by atomic mass is 35.5. The summed E-state index contributed by atoms with van der Waals surface area (Å²) < 4.78 is 83.9. The van der Waals surface area contributed by atoms with Crippen LogP contribution in [0, 0.1) is 17.3 Å². The van der Waals surface area contributed by atoms with E-state index in [4.69, 9.17) is 16.3 Å². The highest BCUT2D eigenvalue weighted by molar-refractivity contribution is 6.30. The molecule has 0 bridgehead atoms. The zero-order valence-corrected chi connectivity index (χ0v) is 13.7. The molecule has 0 saturated heterocycles. The largest absolute Gasteiger partial charge is 0.457 e. The lowest BCUT2D eigenvalue weighted by molar-refractivity contribution is -0.154. The van der Waals surface area contributed by atoms with Gasteiger partial charge in [-0.2, -0.15) is 26.3 Å². The highest BCUT2D eigenvalue weighted by Crippen LogP contribution is 2.60. The topological polar surface area (TPSA) is 39.4 Å². The molecule has 2 rings (SSSR count). The van der Waals surface area contributed by atoms with E-state index in [-0.39, 0.29) is 5.76 Å². The minimum Gasteiger partial charge on any atom is -0.457 e. The molecule has 3 nitrogen and oxygen atoms in total. The Balaban J connectivity index is 1.99. The minimum atomic E-state index is -4.71. The van der Waals surface area contributed by atoms with Gasteiger partial charge in [-0.3, -0.25) is 4.79 Å². The molecule has 10 heteroatoms. The molecule has 0 spiro atoms. The number of alkyl halides is 6. The van der Waals surface area contributed by atoms with E-state index in [1.54, 1.807) is 13.8 Å². The van der Waals surface area contributed by atoms with Crippen LogP contribution in [0.3, 0.4) is 0 Å². The number of furan rings is 1. The quantitative estimate of drug-likeness (QED) is 0.517. The lowest BCUT2D eigenvalue weighted by Crippen LogP contribution is -2.11. The van der Waals surface area contributed by atoms with E-state index in [1.165, 1.54) is 0 Å². The third-order valence-corrected chi connectivity index (χ3v) is 4.40. The summed E-state index contributed by atoms with van der Waals surface area (Å²) in [5, 5.41) is -1.33. The van der Waals surface area contributed by atoms with Crippen molar-refractivity contribution < 1.29 is 40.3 Å². The van der Waals surface area contributed by atoms with E-state index in [0.29, 0.717) is 6.07 Å². The van der Waals surface area contributed by atoms with E-state index >= 15 is 0 Å². The Morgan fingerprint density at radius 2 is 1.88 bits per heavy atom. The Kier molecular flexibility index (Phi) is 4.93. The summed E-state index contributed by atoms with van der Waals surface area (Å²) in [6, 6.07) is 1.70. The lowest BCUT2D eigenvalue weighted by atomic mass is 10.1. The van der Waals surface area contributed by atoms with E-state index in [1.807, 2.05) is 0 Å². The van der Waals surface area contributed by atoms with Crippen molar-refractivity contribution in [2.45, 2.75) is 32.8 Å². The Hall–Kier alpha value is -1.64. The van der Waals surface area contributed by atoms with Gasteiger partial charge in [0, 0.05) is 0 Å². The van der Waals surface area contributed by atoms with Crippen molar-refractivity contribution in [2.24, 2.45) is 17.3 Å². The summed E-state index contributed by atoms with van der Waals surface area (Å²) in [5.74, 6) is -3.94. The fourth-order valence-corrected chi connectivity index (χ4v) is 2.67. The maximum absolute atomic E-state index is 12.5. The molecule has 0 radical (unpaired) electrons. The third-order valence-electron chi connectivity index (χ3n) is 4.06. The van der Waals surface area contributed by atoms with Crippen LogP contribution in [-0.2, 0) is 22.3 Å². The second kappa shape index (κ2) is 6.26. The Morgan fingerprint density at radius 3 is 2.36 bits per heavy atom. The van der Waals surface area contributed by atoms with Gasteiger partial charge in [-0.25, -0.2) is 0 Å². The number of ether oxygens (including phenoxy) is 1. The second-order valence-corrected chi connectivity index (χ2v) is 6.62. The number of rotatable bonds is 4. The maximum Gasteiger partial charge on any atom is 0.449 e. The van der Waals surface area contributed by atoms with Crippen LogP contribution < -0.4 is 0 Å². The van der Waals surface area contributed by atoms with Crippen molar-refractivity contribution in [1.29, 1.82) is 0 Å². The van der Waals surface area contributed by atoms with E-state index in [0.717, 1.165) is 12.1 Å². The molecule has 1 fully saturated rings. The Bertz CT molecular complexity index is 686. The molecule has 1 aromatic rings. The maximum atomic E-state index is 12.5. The van der Waals surface area contributed by atoms with Crippen LogP contribution >= 0.6 is 11.6 Å². The van der Waals surface area contributed by atoms with Gasteiger partial charge in [0.2, 0.25) is 5.76 Å². The average Bonchev–Trinajstić information content (AvgIpc) is 2.83. The molecule has 1 heterocycles. The minimum absolute atomic E-state index is 0.223. The van der Waals surface area contributed by atoms with Gasteiger partial charge in [-0.1, -0.05) is 31.5 Å². The van der Waals surface area contributed by atoms with Crippen LogP contribution in [0.2, 0.25) is 0 Å². The molecule has 1 aliphatic rings. The molecule has 1 aliphatic carbocycles. The van der Waals surface area contributed by atoms with Crippen molar-refractivity contribution in [3.8, 4) is 0 Å². The first-order valence-electron chi connectivity index (χ1n) is 7.01. The van der Waals surface area contributed by atoms with Crippen LogP contribution in [0.4, 0.5) is 26.3 Å². The molecule has 1 aromatic heterocycles. The normalized spacial score (nSPS) is 23.5. The highest BCUT2D eigenvalue weighted by Gasteiger charge is 2.62. The number of hydrogen-bond acceptors (Lipinski definition) is 3. The summed E-state index contributed by atoms with van der Waals surface area (Å²) >= 11 is 5.17. The Labute approximate surface area is 143 Å². The molecule has 0 amide bonds. The van der Waals surface area contributed by atoms with Crippen LogP contribution in [0.15, 0.2) is 27.7 Å². The van der Waals surface area contributed by atoms with Gasteiger partial charge in [0.15, 0.2) is 0 Å². The molecule has 25 heavy (non-hydrogen) atoms. The van der Waals surface area contributed by atoms with Gasteiger partial charge in [-0.15, -0.1) is 0 Å². The molecule has 140 valence electrons. The van der Waals surface area contributed by atoms with Crippen molar-refractivity contribution in [1.82, 2.24) is 0 Å². The second-order valence-electron chi connectivity index (χ2n) is 6.21. The fourth-order valence-electron chi connectivity index (χ4n) is 2.53. The van der Waals surface area contributed by atoms with Gasteiger partial charge in [0.05, 0.1) is 5.92 Å². The summed E-state index contributed by atoms with van der Waals surface area (Å²) in [5.41, 5.74) is -0.803. The monoisotopic (exact) mass is 390 g/mol. The van der Waals surface area contributed by atoms with E-state index in [2.05, 4.69) is 4.42 Å². The molecule has 2 atom stereocenters. The number of halogens is 7. The molecular weight excluding hydrogens is 378 g/mol. The summed E-state index contributed by atoms with van der Waals surface area (Å²) in [7, 11) is 0. The molecule has 0 aliphatic heterocycles. The predicted octanol–water partition coefficient (Wildman–Crippen LogP) is 5.30. The first-order valence-corrected chi connectivity index (χ1v) is 7.39. The number of hydrogen-bond donors (Lipinski definition) is 0. The standard InChI is InChI=1S/C15H13ClF6O3/c1-13(2)8(5-9(16)14(17,18)19)11(13)12(23)24-6-7-3-4-10(25-7)15(20,21)22/h3-5,8,11H,6H2,1-2H3/t8-,11-/m0/s1. The number of allylic oxidation sites excluding steroid dienone is 2. The Morgan fingerprint density at radius 1 is 1.28 bits per heavy atom. The van der Waals surface area contributed by atoms with Gasteiger partial charge in [0.25, 0.3) is 0 Å². The fraction of sp³-hybridized carbons (Fsp3) is 0.533. The summed E-state index contributed by atoms with van der Waals surface area (Å²) in [4.78, 5) is 12.0. The average molecular weight is 391 g/mol. The molecular formula is C15H13ClF6O3. The first-order chi connectivity index (χ1) is 11.2. The molecule has 0 aromatic carbocycles. The van der Waals surface area contributed by atoms with Gasteiger partial charge >= 0.3 is 18.3 Å². The SMILES string of the molecule is CC1(C)[C@H](C(=O)OCc2ccc(C(F)(F)F)o2)[C@@H]1C=C(Cl)C(F)(F)F. The summed E-state index contributed by atoms with van der Waals surface area (Å²) in [6.45, 7) is 2.58. The molecule has 0 N–H and O–H groups in total. The van der Waals surface area contributed by atoms with Crippen molar-refractivity contribution >= 4 is 17.6 Å². The third kappa shape index (κ3) is 4.31. The van der Waals surface area contributed by atoms with Gasteiger partial charge in [-0.05, 0) is 23.5 Å². The van der Waals surface area contributed by atoms with Gasteiger partial charge in [0.1, 0.15) is 17.4 Å². The van der Waals surface area contributed by atoms with Crippen molar-refractivity contribution in [2.75, 3.05) is 0 Å². The van der Waals surface area contributed by atoms with Crippen LogP contribution in [0.25, 0.3) is 0 Å². The number of esters is 1. The first kappa shape index (κ1) is 19.7. The zero-order chi connectivity index (χ0) is 19.2. The van der Waals surface area contributed by atoms with Crippen molar-refractivity contribution in [3.05, 3.63) is 34.8 Å². The van der Waals surface area contributed by atoms with Crippen LogP contribution in [-0.4, -0.2) is 12.1 Å². The number of carbonyl (C=O) groups excluding carboxylic acids is 1. The smallest absolute Gasteiger partial charge is 0.449 e. The lowest BCUT2D eigenvalue weighted by Gasteiger charge is -2.04. The zero-order valence-electron chi connectivity index (χ0n) is 13.0. The van der Waals surface area contributed by atoms with Crippen molar-refractivity contribution in [3.63, 3.8) is 0 Å². The predicted molar refractivity (Wildman–Crippen MR) is 74.3 cm³/mol. The number of carbonyl (C=O) groups is 1.